The molecule has 0 aliphatic heterocycles. The Morgan fingerprint density at radius 3 is 2.75 bits per heavy atom. The molecule has 0 aromatic carbocycles. The van der Waals surface area contributed by atoms with Crippen molar-refractivity contribution in [1.29, 1.82) is 0 Å². The van der Waals surface area contributed by atoms with Crippen molar-refractivity contribution in [2.45, 2.75) is 46.1 Å². The van der Waals surface area contributed by atoms with Crippen LogP contribution in [0.15, 0.2) is 18.3 Å². The highest BCUT2D eigenvalue weighted by Crippen LogP contribution is 2.18. The first-order valence-corrected chi connectivity index (χ1v) is 7.78. The molecule has 0 spiro atoms. The van der Waals surface area contributed by atoms with Crippen molar-refractivity contribution >= 4 is 5.82 Å². The van der Waals surface area contributed by atoms with Gasteiger partial charge < -0.3 is 15.3 Å². The molecule has 114 valence electrons. The second-order valence-electron chi connectivity index (χ2n) is 5.19. The monoisotopic (exact) mass is 279 g/mol. The maximum atomic E-state index is 9.21. The Kier molecular flexibility index (Phi) is 8.23. The van der Waals surface area contributed by atoms with Gasteiger partial charge in [-0.1, -0.05) is 20.3 Å². The Morgan fingerprint density at radius 2 is 2.10 bits per heavy atom. The average molecular weight is 279 g/mol. The van der Waals surface area contributed by atoms with Crippen LogP contribution in [0.25, 0.3) is 0 Å². The normalized spacial score (nSPS) is 12.4. The van der Waals surface area contributed by atoms with Crippen LogP contribution in [-0.2, 0) is 0 Å². The maximum absolute atomic E-state index is 9.21. The molecular formula is C16H29N3O. The quantitative estimate of drug-likeness (QED) is 0.691. The predicted molar refractivity (Wildman–Crippen MR) is 85.2 cm³/mol. The van der Waals surface area contributed by atoms with E-state index in [0.29, 0.717) is 12.6 Å². The van der Waals surface area contributed by atoms with Crippen molar-refractivity contribution in [3.8, 4) is 0 Å². The zero-order valence-electron chi connectivity index (χ0n) is 13.1. The van der Waals surface area contributed by atoms with Gasteiger partial charge in [-0.25, -0.2) is 4.98 Å². The van der Waals surface area contributed by atoms with Gasteiger partial charge in [0.1, 0.15) is 5.82 Å². The van der Waals surface area contributed by atoms with Crippen LogP contribution < -0.4 is 10.2 Å². The number of rotatable bonds is 10. The fourth-order valence-electron chi connectivity index (χ4n) is 2.17. The van der Waals surface area contributed by atoms with E-state index in [9.17, 15) is 5.11 Å². The number of unbranched alkanes of at least 4 members (excludes halogenated alkanes) is 1. The Bertz CT molecular complexity index is 370. The van der Waals surface area contributed by atoms with Crippen molar-refractivity contribution in [3.05, 3.63) is 23.9 Å². The molecule has 1 heterocycles. The minimum atomic E-state index is 0.166. The van der Waals surface area contributed by atoms with E-state index in [1.54, 1.807) is 0 Å². The van der Waals surface area contributed by atoms with Gasteiger partial charge in [0.05, 0.1) is 6.61 Å². The van der Waals surface area contributed by atoms with Crippen LogP contribution in [0.1, 0.15) is 51.6 Å². The molecule has 0 bridgehead atoms. The van der Waals surface area contributed by atoms with Crippen molar-refractivity contribution in [2.75, 3.05) is 31.1 Å². The van der Waals surface area contributed by atoms with Crippen LogP contribution in [0.4, 0.5) is 5.82 Å². The smallest absolute Gasteiger partial charge is 0.128 e. The Labute approximate surface area is 123 Å². The summed E-state index contributed by atoms with van der Waals surface area (Å²) in [5.41, 5.74) is 1.25. The maximum Gasteiger partial charge on any atom is 0.128 e. The third-order valence-corrected chi connectivity index (χ3v) is 3.45. The minimum Gasteiger partial charge on any atom is -0.395 e. The van der Waals surface area contributed by atoms with E-state index in [0.717, 1.165) is 38.2 Å². The number of hydrogen-bond acceptors (Lipinski definition) is 4. The van der Waals surface area contributed by atoms with E-state index in [1.165, 1.54) is 5.56 Å². The summed E-state index contributed by atoms with van der Waals surface area (Å²) in [7, 11) is 0. The third-order valence-electron chi connectivity index (χ3n) is 3.45. The summed E-state index contributed by atoms with van der Waals surface area (Å²) in [6, 6.07) is 4.53. The highest BCUT2D eigenvalue weighted by Gasteiger charge is 2.10. The number of aliphatic hydroxyl groups excluding tert-OH is 1. The van der Waals surface area contributed by atoms with Gasteiger partial charge in [-0.05, 0) is 44.0 Å². The van der Waals surface area contributed by atoms with Crippen LogP contribution in [0.2, 0.25) is 0 Å². The van der Waals surface area contributed by atoms with Gasteiger partial charge in [0, 0.05) is 25.3 Å². The summed E-state index contributed by atoms with van der Waals surface area (Å²) in [6.07, 6.45) is 5.27. The van der Waals surface area contributed by atoms with Gasteiger partial charge in [0.15, 0.2) is 0 Å². The molecule has 0 amide bonds. The molecular weight excluding hydrogens is 250 g/mol. The largest absolute Gasteiger partial charge is 0.395 e. The highest BCUT2D eigenvalue weighted by atomic mass is 16.3. The van der Waals surface area contributed by atoms with Gasteiger partial charge >= 0.3 is 0 Å². The molecule has 4 heteroatoms. The number of hydrogen-bond donors (Lipinski definition) is 2. The molecule has 0 saturated heterocycles. The van der Waals surface area contributed by atoms with Crippen molar-refractivity contribution in [1.82, 2.24) is 10.3 Å². The number of aromatic nitrogens is 1. The Morgan fingerprint density at radius 1 is 1.30 bits per heavy atom. The summed E-state index contributed by atoms with van der Waals surface area (Å²) >= 11 is 0. The van der Waals surface area contributed by atoms with Crippen molar-refractivity contribution < 1.29 is 5.11 Å². The molecule has 0 fully saturated rings. The number of aliphatic hydroxyl groups is 1. The summed E-state index contributed by atoms with van der Waals surface area (Å²) in [5.74, 6) is 0.968. The number of nitrogens with zero attached hydrogens (tertiary/aromatic N) is 2. The van der Waals surface area contributed by atoms with Crippen LogP contribution >= 0.6 is 0 Å². The topological polar surface area (TPSA) is 48.4 Å². The van der Waals surface area contributed by atoms with Crippen LogP contribution in [0.3, 0.4) is 0 Å². The summed E-state index contributed by atoms with van der Waals surface area (Å²) in [5, 5.41) is 12.7. The van der Waals surface area contributed by atoms with Crippen LogP contribution in [-0.4, -0.2) is 36.3 Å². The van der Waals surface area contributed by atoms with Crippen LogP contribution in [0.5, 0.6) is 0 Å². The molecule has 0 saturated carbocycles. The zero-order chi connectivity index (χ0) is 14.8. The van der Waals surface area contributed by atoms with E-state index in [2.05, 4.69) is 48.1 Å². The first-order chi connectivity index (χ1) is 9.72. The number of pyridine rings is 1. The van der Waals surface area contributed by atoms with E-state index >= 15 is 0 Å². The lowest BCUT2D eigenvalue weighted by molar-refractivity contribution is 0.301. The first kappa shape index (κ1) is 16.9. The van der Waals surface area contributed by atoms with E-state index in [4.69, 9.17) is 0 Å². The second kappa shape index (κ2) is 9.72. The van der Waals surface area contributed by atoms with Crippen molar-refractivity contribution in [2.24, 2.45) is 0 Å². The lowest BCUT2D eigenvalue weighted by Gasteiger charge is -2.24. The molecule has 1 atom stereocenters. The Hall–Kier alpha value is -1.13. The van der Waals surface area contributed by atoms with Gasteiger partial charge in [-0.15, -0.1) is 0 Å². The number of nitrogens with one attached hydrogen (secondary N) is 1. The van der Waals surface area contributed by atoms with Gasteiger partial charge in [0.25, 0.3) is 0 Å². The van der Waals surface area contributed by atoms with Gasteiger partial charge in [-0.2, -0.15) is 0 Å². The third kappa shape index (κ3) is 5.47. The summed E-state index contributed by atoms with van der Waals surface area (Å²) in [6.45, 7) is 9.31. The lowest BCUT2D eigenvalue weighted by Crippen LogP contribution is -2.29. The predicted octanol–water partition coefficient (Wildman–Crippen LogP) is 2.74. The summed E-state index contributed by atoms with van der Waals surface area (Å²) in [4.78, 5) is 6.63. The minimum absolute atomic E-state index is 0.166. The highest BCUT2D eigenvalue weighted by molar-refractivity contribution is 5.41. The molecule has 1 unspecified atom stereocenters. The molecule has 0 aliphatic carbocycles. The SMILES string of the molecule is CCCCN(CCO)c1cc(C(C)NCCC)ccn1. The van der Waals surface area contributed by atoms with E-state index in [1.807, 2.05) is 6.20 Å². The number of anilines is 1. The molecule has 1 aromatic heterocycles. The van der Waals surface area contributed by atoms with E-state index < -0.39 is 0 Å². The Balaban J connectivity index is 2.77. The fraction of sp³-hybridized carbons (Fsp3) is 0.688. The molecule has 0 aliphatic rings. The standard InChI is InChI=1S/C16H29N3O/c1-4-6-10-19(11-12-20)16-13-15(7-9-18-16)14(3)17-8-5-2/h7,9,13-14,17,20H,4-6,8,10-12H2,1-3H3. The summed E-state index contributed by atoms with van der Waals surface area (Å²) < 4.78 is 0. The van der Waals surface area contributed by atoms with Crippen LogP contribution in [0, 0.1) is 0 Å². The molecule has 20 heavy (non-hydrogen) atoms. The van der Waals surface area contributed by atoms with Gasteiger partial charge in [0.2, 0.25) is 0 Å². The molecule has 1 aromatic rings. The molecule has 4 nitrogen and oxygen atoms in total. The fourth-order valence-corrected chi connectivity index (χ4v) is 2.17. The van der Waals surface area contributed by atoms with Crippen molar-refractivity contribution in [3.63, 3.8) is 0 Å². The first-order valence-electron chi connectivity index (χ1n) is 7.78. The molecule has 2 N–H and O–H groups in total. The molecule has 1 rings (SSSR count). The molecule has 0 radical (unpaired) electrons. The average Bonchev–Trinajstić information content (AvgIpc) is 2.49. The zero-order valence-corrected chi connectivity index (χ0v) is 13.1. The van der Waals surface area contributed by atoms with E-state index in [-0.39, 0.29) is 6.61 Å². The van der Waals surface area contributed by atoms with Gasteiger partial charge in [-0.3, -0.25) is 0 Å². The lowest BCUT2D eigenvalue weighted by atomic mass is 10.1. The second-order valence-corrected chi connectivity index (χ2v) is 5.19.